The van der Waals surface area contributed by atoms with Gasteiger partial charge in [-0.1, -0.05) is 31.8 Å². The van der Waals surface area contributed by atoms with Gasteiger partial charge in [0.2, 0.25) is 0 Å². The minimum atomic E-state index is -0.833. The lowest BCUT2D eigenvalue weighted by atomic mass is 10.3. The predicted octanol–water partition coefficient (Wildman–Crippen LogP) is 3.20. The van der Waals surface area contributed by atoms with Crippen LogP contribution in [0.1, 0.15) is 6.42 Å². The molecule has 2 heteroatoms. The molecule has 0 aromatic carbocycles. The first-order valence-corrected chi connectivity index (χ1v) is 7.99. The van der Waals surface area contributed by atoms with Gasteiger partial charge < -0.3 is 0 Å². The molecule has 60 valence electrons. The van der Waals surface area contributed by atoms with Crippen LogP contribution in [0.4, 0.5) is 0 Å². The molecule has 0 nitrogen and oxygen atoms in total. The van der Waals surface area contributed by atoms with Gasteiger partial charge in [0.25, 0.3) is 0 Å². The molecule has 0 bridgehead atoms. The SMILES string of the molecule is C=CC(S)CC[Si](C)(C)C. The molecule has 0 spiro atoms. The molecule has 0 fully saturated rings. The molecule has 0 aromatic heterocycles. The molecule has 0 amide bonds. The average molecular weight is 174 g/mol. The first-order chi connectivity index (χ1) is 4.45. The number of hydrogen-bond donors (Lipinski definition) is 1. The van der Waals surface area contributed by atoms with E-state index in [1.54, 1.807) is 0 Å². The molecule has 0 N–H and O–H groups in total. The Morgan fingerprint density at radius 2 is 2.00 bits per heavy atom. The van der Waals surface area contributed by atoms with Crippen molar-refractivity contribution >= 4 is 20.7 Å². The van der Waals surface area contributed by atoms with Crippen LogP contribution in [0.15, 0.2) is 12.7 Å². The first kappa shape index (κ1) is 10.3. The van der Waals surface area contributed by atoms with Crippen molar-refractivity contribution in [3.63, 3.8) is 0 Å². The highest BCUT2D eigenvalue weighted by molar-refractivity contribution is 7.81. The molecule has 0 aliphatic rings. The summed E-state index contributed by atoms with van der Waals surface area (Å²) in [6.07, 6.45) is 3.12. The molecule has 10 heavy (non-hydrogen) atoms. The third kappa shape index (κ3) is 6.43. The van der Waals surface area contributed by atoms with Crippen molar-refractivity contribution < 1.29 is 0 Å². The second-order valence-electron chi connectivity index (χ2n) is 3.90. The van der Waals surface area contributed by atoms with Crippen LogP contribution < -0.4 is 0 Å². The van der Waals surface area contributed by atoms with E-state index in [1.165, 1.54) is 12.5 Å². The Morgan fingerprint density at radius 1 is 1.50 bits per heavy atom. The molecule has 0 saturated heterocycles. The number of thiol groups is 1. The third-order valence-corrected chi connectivity index (χ3v) is 3.72. The van der Waals surface area contributed by atoms with Gasteiger partial charge in [-0.15, -0.1) is 6.58 Å². The number of hydrogen-bond acceptors (Lipinski definition) is 1. The van der Waals surface area contributed by atoms with Gasteiger partial charge in [0, 0.05) is 13.3 Å². The summed E-state index contributed by atoms with van der Waals surface area (Å²) in [5.74, 6) is 0. The molecule has 0 aliphatic heterocycles. The fourth-order valence-electron chi connectivity index (χ4n) is 0.699. The maximum atomic E-state index is 4.35. The normalized spacial score (nSPS) is 14.8. The van der Waals surface area contributed by atoms with Crippen LogP contribution in [-0.2, 0) is 0 Å². The maximum absolute atomic E-state index is 4.35. The highest BCUT2D eigenvalue weighted by Crippen LogP contribution is 2.15. The molecule has 0 radical (unpaired) electrons. The van der Waals surface area contributed by atoms with Crippen LogP contribution in [0.3, 0.4) is 0 Å². The van der Waals surface area contributed by atoms with Gasteiger partial charge >= 0.3 is 0 Å². The summed E-state index contributed by atoms with van der Waals surface area (Å²) >= 11 is 4.35. The Kier molecular flexibility index (Phi) is 4.37. The van der Waals surface area contributed by atoms with Crippen molar-refractivity contribution in [3.05, 3.63) is 12.7 Å². The second kappa shape index (κ2) is 4.24. The van der Waals surface area contributed by atoms with E-state index in [0.29, 0.717) is 5.25 Å². The monoisotopic (exact) mass is 174 g/mol. The van der Waals surface area contributed by atoms with Gasteiger partial charge in [0.15, 0.2) is 0 Å². The van der Waals surface area contributed by atoms with Crippen molar-refractivity contribution in [1.82, 2.24) is 0 Å². The Balaban J connectivity index is 3.45. The Morgan fingerprint density at radius 3 is 2.30 bits per heavy atom. The van der Waals surface area contributed by atoms with Crippen molar-refractivity contribution in [2.24, 2.45) is 0 Å². The summed E-state index contributed by atoms with van der Waals surface area (Å²) < 4.78 is 0. The van der Waals surface area contributed by atoms with Gasteiger partial charge in [-0.25, -0.2) is 0 Å². The maximum Gasteiger partial charge on any atom is 0.0443 e. The molecule has 1 unspecified atom stereocenters. The summed E-state index contributed by atoms with van der Waals surface area (Å²) in [5, 5.41) is 0.409. The molecule has 0 heterocycles. The molecule has 0 aromatic rings. The standard InChI is InChI=1S/C8H18SSi/c1-5-8(9)6-7-10(2,3)4/h5,8-9H,1,6-7H2,2-4H3. The van der Waals surface area contributed by atoms with Crippen LogP contribution in [0, 0.1) is 0 Å². The van der Waals surface area contributed by atoms with E-state index < -0.39 is 8.07 Å². The molecule has 0 aliphatic carbocycles. The lowest BCUT2D eigenvalue weighted by Gasteiger charge is -2.16. The van der Waals surface area contributed by atoms with E-state index in [9.17, 15) is 0 Å². The third-order valence-electron chi connectivity index (χ3n) is 1.46. The summed E-state index contributed by atoms with van der Waals surface area (Å²) in [7, 11) is -0.833. The van der Waals surface area contributed by atoms with Gasteiger partial charge in [-0.3, -0.25) is 0 Å². The van der Waals surface area contributed by atoms with Gasteiger partial charge in [-0.05, 0) is 6.42 Å². The topological polar surface area (TPSA) is 0 Å². The fourth-order valence-corrected chi connectivity index (χ4v) is 2.25. The van der Waals surface area contributed by atoms with E-state index >= 15 is 0 Å². The summed E-state index contributed by atoms with van der Waals surface area (Å²) in [6.45, 7) is 10.9. The second-order valence-corrected chi connectivity index (χ2v) is 10.2. The highest BCUT2D eigenvalue weighted by Gasteiger charge is 2.13. The summed E-state index contributed by atoms with van der Waals surface area (Å²) in [4.78, 5) is 0. The Bertz CT molecular complexity index is 104. The smallest absolute Gasteiger partial charge is 0.0443 e. The molecule has 0 rings (SSSR count). The predicted molar refractivity (Wildman–Crippen MR) is 55.7 cm³/mol. The van der Waals surface area contributed by atoms with Crippen LogP contribution in [0.5, 0.6) is 0 Å². The summed E-state index contributed by atoms with van der Waals surface area (Å²) in [5.41, 5.74) is 0. The van der Waals surface area contributed by atoms with Crippen molar-refractivity contribution in [2.75, 3.05) is 0 Å². The zero-order valence-corrected chi connectivity index (χ0v) is 9.12. The molecular formula is C8H18SSi. The van der Waals surface area contributed by atoms with Crippen LogP contribution in [-0.4, -0.2) is 13.3 Å². The van der Waals surface area contributed by atoms with Crippen LogP contribution in [0.25, 0.3) is 0 Å². The minimum absolute atomic E-state index is 0.409. The Hall–Kier alpha value is 0.307. The van der Waals surface area contributed by atoms with Crippen molar-refractivity contribution in [3.8, 4) is 0 Å². The molecule has 1 atom stereocenters. The van der Waals surface area contributed by atoms with Crippen molar-refractivity contribution in [2.45, 2.75) is 37.4 Å². The van der Waals surface area contributed by atoms with E-state index in [-0.39, 0.29) is 0 Å². The summed E-state index contributed by atoms with van der Waals surface area (Å²) in [6, 6.07) is 1.35. The van der Waals surface area contributed by atoms with Gasteiger partial charge in [0.1, 0.15) is 0 Å². The first-order valence-electron chi connectivity index (χ1n) is 3.76. The van der Waals surface area contributed by atoms with Gasteiger partial charge in [0.05, 0.1) is 0 Å². The average Bonchev–Trinajstić information content (AvgIpc) is 1.81. The molecular weight excluding hydrogens is 156 g/mol. The highest BCUT2D eigenvalue weighted by atomic mass is 32.1. The van der Waals surface area contributed by atoms with Crippen LogP contribution in [0.2, 0.25) is 25.7 Å². The number of rotatable bonds is 4. The van der Waals surface area contributed by atoms with E-state index in [0.717, 1.165) is 0 Å². The zero-order chi connectivity index (χ0) is 8.20. The minimum Gasteiger partial charge on any atom is -0.172 e. The van der Waals surface area contributed by atoms with Crippen LogP contribution >= 0.6 is 12.6 Å². The lowest BCUT2D eigenvalue weighted by molar-refractivity contribution is 0.959. The van der Waals surface area contributed by atoms with E-state index in [1.807, 2.05) is 6.08 Å². The molecule has 0 saturated carbocycles. The van der Waals surface area contributed by atoms with Crippen molar-refractivity contribution in [1.29, 1.82) is 0 Å². The van der Waals surface area contributed by atoms with E-state index in [2.05, 4.69) is 38.8 Å². The lowest BCUT2D eigenvalue weighted by Crippen LogP contribution is -2.20. The van der Waals surface area contributed by atoms with Gasteiger partial charge in [-0.2, -0.15) is 12.6 Å². The Labute approximate surface area is 71.1 Å². The zero-order valence-electron chi connectivity index (χ0n) is 7.22. The quantitative estimate of drug-likeness (QED) is 0.378. The fraction of sp³-hybridized carbons (Fsp3) is 0.750. The van der Waals surface area contributed by atoms with E-state index in [4.69, 9.17) is 0 Å². The largest absolute Gasteiger partial charge is 0.172 e.